The van der Waals surface area contributed by atoms with Crippen LogP contribution in [0, 0.1) is 0 Å². The lowest BCUT2D eigenvalue weighted by atomic mass is 10.2. The van der Waals surface area contributed by atoms with Crippen molar-refractivity contribution in [2.75, 3.05) is 18.1 Å². The molecule has 0 saturated carbocycles. The molecular weight excluding hydrogens is 264 g/mol. The van der Waals surface area contributed by atoms with Crippen LogP contribution < -0.4 is 10.6 Å². The molecule has 0 aliphatic carbocycles. The van der Waals surface area contributed by atoms with Gasteiger partial charge < -0.3 is 10.6 Å². The summed E-state index contributed by atoms with van der Waals surface area (Å²) < 4.78 is 22.4. The maximum absolute atomic E-state index is 11.5. The van der Waals surface area contributed by atoms with Crippen LogP contribution >= 0.6 is 0 Å². The summed E-state index contributed by atoms with van der Waals surface area (Å²) in [6.07, 6.45) is 3.14. The molecule has 0 radical (unpaired) electrons. The first-order valence-electron chi connectivity index (χ1n) is 6.22. The highest BCUT2D eigenvalue weighted by atomic mass is 32.2. The molecule has 5 nitrogen and oxygen atoms in total. The Morgan fingerprint density at radius 3 is 2.68 bits per heavy atom. The van der Waals surface area contributed by atoms with E-state index in [1.807, 2.05) is 6.92 Å². The SMILES string of the molecule is CCCCNC(=O)Nc1cccc(CS(C)(=O)=O)c1. The van der Waals surface area contributed by atoms with Crippen LogP contribution in [0.5, 0.6) is 0 Å². The van der Waals surface area contributed by atoms with E-state index >= 15 is 0 Å². The number of rotatable bonds is 6. The Kier molecular flexibility index (Phi) is 5.82. The van der Waals surface area contributed by atoms with E-state index in [2.05, 4.69) is 10.6 Å². The lowest BCUT2D eigenvalue weighted by molar-refractivity contribution is 0.252. The van der Waals surface area contributed by atoms with Crippen molar-refractivity contribution in [2.45, 2.75) is 25.5 Å². The fraction of sp³-hybridized carbons (Fsp3) is 0.462. The summed E-state index contributed by atoms with van der Waals surface area (Å²) in [4.78, 5) is 11.5. The topological polar surface area (TPSA) is 75.3 Å². The summed E-state index contributed by atoms with van der Waals surface area (Å²) >= 11 is 0. The van der Waals surface area contributed by atoms with Crippen molar-refractivity contribution in [3.05, 3.63) is 29.8 Å². The number of sulfone groups is 1. The molecule has 0 fully saturated rings. The van der Waals surface area contributed by atoms with Gasteiger partial charge in [-0.2, -0.15) is 0 Å². The van der Waals surface area contributed by atoms with Gasteiger partial charge in [0.25, 0.3) is 0 Å². The molecule has 0 heterocycles. The first kappa shape index (κ1) is 15.5. The third-order valence-corrected chi connectivity index (χ3v) is 3.29. The van der Waals surface area contributed by atoms with E-state index < -0.39 is 9.84 Å². The minimum absolute atomic E-state index is 0.0278. The molecular formula is C13H20N2O3S. The van der Waals surface area contributed by atoms with E-state index in [0.29, 0.717) is 17.8 Å². The van der Waals surface area contributed by atoms with E-state index in [-0.39, 0.29) is 11.8 Å². The number of unbranched alkanes of at least 4 members (excludes halogenated alkanes) is 1. The van der Waals surface area contributed by atoms with E-state index in [0.717, 1.165) is 12.8 Å². The molecule has 19 heavy (non-hydrogen) atoms. The predicted molar refractivity (Wildman–Crippen MR) is 76.9 cm³/mol. The monoisotopic (exact) mass is 284 g/mol. The number of hydrogen-bond donors (Lipinski definition) is 2. The molecule has 2 amide bonds. The van der Waals surface area contributed by atoms with Crippen molar-refractivity contribution < 1.29 is 13.2 Å². The lowest BCUT2D eigenvalue weighted by Crippen LogP contribution is -2.29. The van der Waals surface area contributed by atoms with Crippen molar-refractivity contribution in [3.8, 4) is 0 Å². The standard InChI is InChI=1S/C13H20N2O3S/c1-3-4-8-14-13(16)15-12-7-5-6-11(9-12)10-19(2,17)18/h5-7,9H,3-4,8,10H2,1-2H3,(H2,14,15,16). The van der Waals surface area contributed by atoms with Crippen molar-refractivity contribution in [1.82, 2.24) is 5.32 Å². The first-order valence-corrected chi connectivity index (χ1v) is 8.28. The largest absolute Gasteiger partial charge is 0.338 e. The Hall–Kier alpha value is -1.56. The molecule has 0 spiro atoms. The number of hydrogen-bond acceptors (Lipinski definition) is 3. The summed E-state index contributed by atoms with van der Waals surface area (Å²) in [6.45, 7) is 2.68. The van der Waals surface area contributed by atoms with E-state index in [1.54, 1.807) is 24.3 Å². The molecule has 1 aromatic carbocycles. The van der Waals surface area contributed by atoms with Crippen molar-refractivity contribution in [2.24, 2.45) is 0 Å². The van der Waals surface area contributed by atoms with Gasteiger partial charge in [-0.05, 0) is 24.1 Å². The average molecular weight is 284 g/mol. The summed E-state index contributed by atoms with van der Waals surface area (Å²) in [5.74, 6) is -0.0278. The third-order valence-electron chi connectivity index (χ3n) is 2.43. The van der Waals surface area contributed by atoms with Crippen LogP contribution in [0.25, 0.3) is 0 Å². The van der Waals surface area contributed by atoms with Crippen LogP contribution in [0.3, 0.4) is 0 Å². The zero-order chi connectivity index (χ0) is 14.3. The highest BCUT2D eigenvalue weighted by Crippen LogP contribution is 2.12. The van der Waals surface area contributed by atoms with Gasteiger partial charge >= 0.3 is 6.03 Å². The van der Waals surface area contributed by atoms with E-state index in [1.165, 1.54) is 6.26 Å². The number of amides is 2. The maximum atomic E-state index is 11.5. The maximum Gasteiger partial charge on any atom is 0.319 e. The number of benzene rings is 1. The zero-order valence-corrected chi connectivity index (χ0v) is 12.1. The summed E-state index contributed by atoms with van der Waals surface area (Å²) in [7, 11) is -3.07. The number of nitrogens with one attached hydrogen (secondary N) is 2. The Morgan fingerprint density at radius 1 is 1.32 bits per heavy atom. The molecule has 6 heteroatoms. The minimum atomic E-state index is -3.07. The second kappa shape index (κ2) is 7.13. The smallest absolute Gasteiger partial charge is 0.319 e. The molecule has 0 aliphatic rings. The molecule has 1 rings (SSSR count). The predicted octanol–water partition coefficient (Wildman–Crippen LogP) is 2.15. The molecule has 0 atom stereocenters. The highest BCUT2D eigenvalue weighted by Gasteiger charge is 2.06. The van der Waals surface area contributed by atoms with Crippen molar-refractivity contribution >= 4 is 21.6 Å². The van der Waals surface area contributed by atoms with Gasteiger partial charge in [0.15, 0.2) is 9.84 Å². The lowest BCUT2D eigenvalue weighted by Gasteiger charge is -2.08. The Balaban J connectivity index is 2.59. The number of carbonyl (C=O) groups excluding carboxylic acids is 1. The first-order chi connectivity index (χ1) is 8.90. The molecule has 0 aliphatic heterocycles. The van der Waals surface area contributed by atoms with Crippen LogP contribution in [0.15, 0.2) is 24.3 Å². The van der Waals surface area contributed by atoms with Crippen molar-refractivity contribution in [1.29, 1.82) is 0 Å². The van der Waals surface area contributed by atoms with Gasteiger partial charge in [0, 0.05) is 18.5 Å². The average Bonchev–Trinajstić information content (AvgIpc) is 2.27. The van der Waals surface area contributed by atoms with Gasteiger partial charge in [0.1, 0.15) is 0 Å². The third kappa shape index (κ3) is 6.81. The van der Waals surface area contributed by atoms with Gasteiger partial charge in [-0.3, -0.25) is 0 Å². The molecule has 106 valence electrons. The summed E-state index contributed by atoms with van der Waals surface area (Å²) in [6, 6.07) is 6.57. The number of anilines is 1. The van der Waals surface area contributed by atoms with Crippen LogP contribution in [0.1, 0.15) is 25.3 Å². The molecule has 0 unspecified atom stereocenters. The van der Waals surface area contributed by atoms with Crippen LogP contribution in [-0.2, 0) is 15.6 Å². The number of urea groups is 1. The van der Waals surface area contributed by atoms with Crippen LogP contribution in [0.4, 0.5) is 10.5 Å². The fourth-order valence-corrected chi connectivity index (χ4v) is 2.38. The minimum Gasteiger partial charge on any atom is -0.338 e. The second-order valence-electron chi connectivity index (χ2n) is 4.50. The molecule has 0 saturated heterocycles. The fourth-order valence-electron chi connectivity index (χ4n) is 1.60. The second-order valence-corrected chi connectivity index (χ2v) is 6.65. The van der Waals surface area contributed by atoms with Gasteiger partial charge in [0.05, 0.1) is 5.75 Å². The Bertz CT molecular complexity index is 526. The number of carbonyl (C=O) groups is 1. The summed E-state index contributed by atoms with van der Waals surface area (Å²) in [5.41, 5.74) is 1.25. The molecule has 0 aromatic heterocycles. The molecule has 0 bridgehead atoms. The van der Waals surface area contributed by atoms with Crippen molar-refractivity contribution in [3.63, 3.8) is 0 Å². The zero-order valence-electron chi connectivity index (χ0n) is 11.3. The Morgan fingerprint density at radius 2 is 2.05 bits per heavy atom. The quantitative estimate of drug-likeness (QED) is 0.786. The highest BCUT2D eigenvalue weighted by molar-refractivity contribution is 7.89. The van der Waals surface area contributed by atoms with Gasteiger partial charge in [-0.25, -0.2) is 13.2 Å². The molecule has 2 N–H and O–H groups in total. The van der Waals surface area contributed by atoms with Gasteiger partial charge in [-0.1, -0.05) is 25.5 Å². The van der Waals surface area contributed by atoms with E-state index in [9.17, 15) is 13.2 Å². The van der Waals surface area contributed by atoms with Gasteiger partial charge in [-0.15, -0.1) is 0 Å². The normalized spacial score (nSPS) is 11.1. The van der Waals surface area contributed by atoms with Crippen LogP contribution in [0.2, 0.25) is 0 Å². The van der Waals surface area contributed by atoms with Crippen LogP contribution in [-0.4, -0.2) is 27.2 Å². The summed E-state index contributed by atoms with van der Waals surface area (Å²) in [5, 5.41) is 5.41. The Labute approximate surface area is 114 Å². The van der Waals surface area contributed by atoms with E-state index in [4.69, 9.17) is 0 Å². The molecule has 1 aromatic rings. The van der Waals surface area contributed by atoms with Gasteiger partial charge in [0.2, 0.25) is 0 Å².